The van der Waals surface area contributed by atoms with Gasteiger partial charge < -0.3 is 14.7 Å². The molecule has 1 N–H and O–H groups in total. The molecule has 3 amide bonds. The summed E-state index contributed by atoms with van der Waals surface area (Å²) in [6, 6.07) is -0.149. The minimum atomic E-state index is -0.774. The number of carboxylic acid groups (broad SMARTS) is 1. The van der Waals surface area contributed by atoms with Crippen molar-refractivity contribution in [3.8, 4) is 0 Å². The number of nitrogens with zero attached hydrogens (tertiary/aromatic N) is 2. The van der Waals surface area contributed by atoms with E-state index in [-0.39, 0.29) is 35.7 Å². The lowest BCUT2D eigenvalue weighted by atomic mass is 9.77. The van der Waals surface area contributed by atoms with Gasteiger partial charge in [0.15, 0.2) is 0 Å². The number of imide groups is 1. The SMILES string of the molecule is C=CC(CC)(CCCCOCCCCC(CC)(CC)CN1C(=O)CN(CC)C1=O)CC(=O)O. The van der Waals surface area contributed by atoms with Gasteiger partial charge in [0.25, 0.3) is 0 Å². The number of unbranched alkanes of at least 4 members (excludes halogenated alkanes) is 2. The monoisotopic (exact) mass is 466 g/mol. The Balaban J connectivity index is 2.33. The van der Waals surface area contributed by atoms with Crippen molar-refractivity contribution < 1.29 is 24.2 Å². The summed E-state index contributed by atoms with van der Waals surface area (Å²) in [5, 5.41) is 9.15. The minimum Gasteiger partial charge on any atom is -0.481 e. The standard InChI is InChI=1S/C26H46N2O5/c1-6-25(7-2,19-23(30)31)15-11-13-17-33-18-14-12-16-26(8-3,9-4)21-28-22(29)20-27(10-5)24(28)32/h6H,1,7-21H2,2-5H3,(H,30,31). The Morgan fingerprint density at radius 3 is 2.09 bits per heavy atom. The van der Waals surface area contributed by atoms with E-state index in [0.717, 1.165) is 57.8 Å². The predicted molar refractivity (Wildman–Crippen MR) is 131 cm³/mol. The van der Waals surface area contributed by atoms with Crippen LogP contribution in [0.5, 0.6) is 0 Å². The summed E-state index contributed by atoms with van der Waals surface area (Å²) in [4.78, 5) is 39.0. The van der Waals surface area contributed by atoms with E-state index in [0.29, 0.717) is 26.3 Å². The highest BCUT2D eigenvalue weighted by Gasteiger charge is 2.40. The first-order valence-electron chi connectivity index (χ1n) is 12.7. The van der Waals surface area contributed by atoms with Crippen LogP contribution in [0.4, 0.5) is 4.79 Å². The Morgan fingerprint density at radius 1 is 1.03 bits per heavy atom. The van der Waals surface area contributed by atoms with Crippen LogP contribution in [-0.4, -0.2) is 65.7 Å². The zero-order chi connectivity index (χ0) is 24.9. The third kappa shape index (κ3) is 8.76. The molecule has 1 saturated heterocycles. The lowest BCUT2D eigenvalue weighted by molar-refractivity contribution is -0.139. The normalized spacial score (nSPS) is 16.4. The summed E-state index contributed by atoms with van der Waals surface area (Å²) >= 11 is 0. The van der Waals surface area contributed by atoms with Gasteiger partial charge in [0.1, 0.15) is 6.54 Å². The summed E-state index contributed by atoms with van der Waals surface area (Å²) in [7, 11) is 0. The third-order valence-electron chi connectivity index (χ3n) is 7.60. The lowest BCUT2D eigenvalue weighted by Crippen LogP contribution is -2.41. The van der Waals surface area contributed by atoms with E-state index >= 15 is 0 Å². The Kier molecular flexibility index (Phi) is 12.7. The molecular formula is C26H46N2O5. The Hall–Kier alpha value is -1.89. The number of carboxylic acids is 1. The van der Waals surface area contributed by atoms with Crippen LogP contribution in [0.1, 0.15) is 91.9 Å². The van der Waals surface area contributed by atoms with Crippen LogP contribution >= 0.6 is 0 Å². The maximum absolute atomic E-state index is 12.5. The fraction of sp³-hybridized carbons (Fsp3) is 0.808. The molecule has 1 aliphatic rings. The molecule has 1 fully saturated rings. The molecule has 0 aromatic carbocycles. The smallest absolute Gasteiger partial charge is 0.327 e. The van der Waals surface area contributed by atoms with Gasteiger partial charge in [0, 0.05) is 26.3 Å². The molecule has 7 heteroatoms. The quantitative estimate of drug-likeness (QED) is 0.154. The molecule has 33 heavy (non-hydrogen) atoms. The van der Waals surface area contributed by atoms with Gasteiger partial charge in [-0.3, -0.25) is 14.5 Å². The molecule has 1 aliphatic heterocycles. The number of hydrogen-bond acceptors (Lipinski definition) is 4. The highest BCUT2D eigenvalue weighted by Crippen LogP contribution is 2.35. The number of ether oxygens (including phenoxy) is 1. The molecule has 0 spiro atoms. The molecule has 0 radical (unpaired) electrons. The maximum atomic E-state index is 12.5. The van der Waals surface area contributed by atoms with E-state index in [4.69, 9.17) is 9.84 Å². The van der Waals surface area contributed by atoms with Gasteiger partial charge in [-0.05, 0) is 62.7 Å². The molecule has 0 aromatic heterocycles. The molecular weight excluding hydrogens is 420 g/mol. The molecule has 0 aromatic rings. The average molecular weight is 467 g/mol. The van der Waals surface area contributed by atoms with Gasteiger partial charge in [0.2, 0.25) is 5.91 Å². The van der Waals surface area contributed by atoms with E-state index in [1.54, 1.807) is 11.0 Å². The number of carbonyl (C=O) groups excluding carboxylic acids is 2. The van der Waals surface area contributed by atoms with Crippen LogP contribution in [0.3, 0.4) is 0 Å². The van der Waals surface area contributed by atoms with Crippen molar-refractivity contribution >= 4 is 17.9 Å². The lowest BCUT2D eigenvalue weighted by Gasteiger charge is -2.35. The summed E-state index contributed by atoms with van der Waals surface area (Å²) in [6.07, 6.45) is 10.2. The first kappa shape index (κ1) is 29.1. The van der Waals surface area contributed by atoms with Crippen molar-refractivity contribution in [3.05, 3.63) is 12.7 Å². The molecule has 7 nitrogen and oxygen atoms in total. The van der Waals surface area contributed by atoms with E-state index in [9.17, 15) is 14.4 Å². The van der Waals surface area contributed by atoms with Gasteiger partial charge in [-0.2, -0.15) is 0 Å². The van der Waals surface area contributed by atoms with Crippen LogP contribution in [0.25, 0.3) is 0 Å². The van der Waals surface area contributed by atoms with E-state index in [1.807, 2.05) is 13.8 Å². The van der Waals surface area contributed by atoms with Crippen molar-refractivity contribution in [2.75, 3.05) is 32.8 Å². The number of aliphatic carboxylic acids is 1. The van der Waals surface area contributed by atoms with E-state index in [1.165, 1.54) is 4.90 Å². The second-order valence-electron chi connectivity index (χ2n) is 9.50. The van der Waals surface area contributed by atoms with Crippen molar-refractivity contribution in [3.63, 3.8) is 0 Å². The first-order valence-corrected chi connectivity index (χ1v) is 12.7. The largest absolute Gasteiger partial charge is 0.481 e. The van der Waals surface area contributed by atoms with Crippen LogP contribution in [-0.2, 0) is 14.3 Å². The Morgan fingerprint density at radius 2 is 1.64 bits per heavy atom. The van der Waals surface area contributed by atoms with Crippen LogP contribution < -0.4 is 0 Å². The maximum Gasteiger partial charge on any atom is 0.327 e. The van der Waals surface area contributed by atoms with Crippen molar-refractivity contribution in [1.29, 1.82) is 0 Å². The number of allylic oxidation sites excluding steroid dienone is 1. The van der Waals surface area contributed by atoms with Crippen molar-refractivity contribution in [2.24, 2.45) is 10.8 Å². The second-order valence-corrected chi connectivity index (χ2v) is 9.50. The molecule has 0 bridgehead atoms. The molecule has 0 saturated carbocycles. The fourth-order valence-electron chi connectivity index (χ4n) is 4.74. The summed E-state index contributed by atoms with van der Waals surface area (Å²) in [6.45, 7) is 14.7. The summed E-state index contributed by atoms with van der Waals surface area (Å²) in [5.74, 6) is -0.854. The van der Waals surface area contributed by atoms with Gasteiger partial charge in [0.05, 0.1) is 6.42 Å². The third-order valence-corrected chi connectivity index (χ3v) is 7.60. The number of rotatable bonds is 19. The van der Waals surface area contributed by atoms with Crippen LogP contribution in [0.2, 0.25) is 0 Å². The number of likely N-dealkylation sites (N-methyl/N-ethyl adjacent to an activating group) is 1. The fourth-order valence-corrected chi connectivity index (χ4v) is 4.74. The van der Waals surface area contributed by atoms with E-state index in [2.05, 4.69) is 20.4 Å². The van der Waals surface area contributed by atoms with Crippen LogP contribution in [0, 0.1) is 10.8 Å². The van der Waals surface area contributed by atoms with Gasteiger partial charge >= 0.3 is 12.0 Å². The second kappa shape index (κ2) is 14.4. The number of amides is 3. The average Bonchev–Trinajstić information content (AvgIpc) is 3.08. The molecule has 1 unspecified atom stereocenters. The summed E-state index contributed by atoms with van der Waals surface area (Å²) in [5.41, 5.74) is -0.352. The molecule has 1 heterocycles. The molecule has 1 rings (SSSR count). The zero-order valence-corrected chi connectivity index (χ0v) is 21.4. The molecule has 190 valence electrons. The Bertz CT molecular complexity index is 647. The molecule has 0 aliphatic carbocycles. The number of hydrogen-bond donors (Lipinski definition) is 1. The van der Waals surface area contributed by atoms with Crippen LogP contribution in [0.15, 0.2) is 12.7 Å². The van der Waals surface area contributed by atoms with Gasteiger partial charge in [-0.1, -0.05) is 39.7 Å². The first-order chi connectivity index (χ1) is 15.7. The predicted octanol–water partition coefficient (Wildman–Crippen LogP) is 5.49. The molecule has 1 atom stereocenters. The van der Waals surface area contributed by atoms with Crippen molar-refractivity contribution in [1.82, 2.24) is 9.80 Å². The Labute approximate surface area is 200 Å². The number of urea groups is 1. The highest BCUT2D eigenvalue weighted by atomic mass is 16.5. The van der Waals surface area contributed by atoms with Crippen molar-refractivity contribution in [2.45, 2.75) is 91.9 Å². The zero-order valence-electron chi connectivity index (χ0n) is 21.4. The van der Waals surface area contributed by atoms with Gasteiger partial charge in [-0.15, -0.1) is 6.58 Å². The number of carbonyl (C=O) groups is 3. The summed E-state index contributed by atoms with van der Waals surface area (Å²) < 4.78 is 5.81. The minimum absolute atomic E-state index is 0.0343. The van der Waals surface area contributed by atoms with Gasteiger partial charge in [-0.25, -0.2) is 4.79 Å². The topological polar surface area (TPSA) is 87.2 Å². The van der Waals surface area contributed by atoms with E-state index < -0.39 is 5.97 Å². The highest BCUT2D eigenvalue weighted by molar-refractivity contribution is 6.02.